The zero-order valence-electron chi connectivity index (χ0n) is 10.9. The largest absolute Gasteiger partial charge is 0.383 e. The van der Waals surface area contributed by atoms with Gasteiger partial charge in [-0.05, 0) is 50.3 Å². The van der Waals surface area contributed by atoms with E-state index in [9.17, 15) is 0 Å². The lowest BCUT2D eigenvalue weighted by Gasteiger charge is -2.15. The van der Waals surface area contributed by atoms with Gasteiger partial charge >= 0.3 is 0 Å². The highest BCUT2D eigenvalue weighted by Gasteiger charge is 2.18. The molecule has 96 valence electrons. The summed E-state index contributed by atoms with van der Waals surface area (Å²) >= 11 is 1.99. The first kappa shape index (κ1) is 13.1. The number of nitrogens with one attached hydrogen (secondary N) is 1. The summed E-state index contributed by atoms with van der Waals surface area (Å²) in [4.78, 5) is 3.08. The first-order valence-electron chi connectivity index (χ1n) is 6.69. The number of methoxy groups -OCH3 is 1. The van der Waals surface area contributed by atoms with Gasteiger partial charge in [0.15, 0.2) is 0 Å². The molecule has 0 bridgehead atoms. The average Bonchev–Trinajstić information content (AvgIpc) is 2.78. The zero-order chi connectivity index (χ0) is 12.1. The molecule has 1 heterocycles. The van der Waals surface area contributed by atoms with Crippen LogP contribution in [0.3, 0.4) is 0 Å². The summed E-state index contributed by atoms with van der Waals surface area (Å²) in [5, 5.41) is 3.58. The second-order valence-electron chi connectivity index (χ2n) is 4.77. The summed E-state index contributed by atoms with van der Waals surface area (Å²) in [6.07, 6.45) is 6.46. The average molecular weight is 253 g/mol. The number of hydrogen-bond donors (Lipinski definition) is 1. The van der Waals surface area contributed by atoms with Crippen molar-refractivity contribution < 1.29 is 4.74 Å². The van der Waals surface area contributed by atoms with Gasteiger partial charge in [0.2, 0.25) is 0 Å². The Bertz CT molecular complexity index is 324. The van der Waals surface area contributed by atoms with Crippen molar-refractivity contribution in [2.75, 3.05) is 20.3 Å². The molecule has 0 saturated carbocycles. The smallest absolute Gasteiger partial charge is 0.0665 e. The van der Waals surface area contributed by atoms with Crippen molar-refractivity contribution in [2.24, 2.45) is 0 Å². The van der Waals surface area contributed by atoms with Crippen LogP contribution in [0.4, 0.5) is 0 Å². The molecule has 1 unspecified atom stereocenters. The minimum atomic E-state index is 0.385. The minimum absolute atomic E-state index is 0.385. The van der Waals surface area contributed by atoms with Crippen molar-refractivity contribution in [2.45, 2.75) is 45.1 Å². The quantitative estimate of drug-likeness (QED) is 0.840. The molecule has 0 saturated heterocycles. The molecule has 1 N–H and O–H groups in total. The van der Waals surface area contributed by atoms with Crippen molar-refractivity contribution in [3.8, 4) is 0 Å². The van der Waals surface area contributed by atoms with Gasteiger partial charge in [-0.1, -0.05) is 6.92 Å². The van der Waals surface area contributed by atoms with Crippen molar-refractivity contribution in [3.63, 3.8) is 0 Å². The SMILES string of the molecule is CCCNC(COC)c1cc2c(s1)CCCC2. The van der Waals surface area contributed by atoms with Gasteiger partial charge in [-0.3, -0.25) is 0 Å². The van der Waals surface area contributed by atoms with Gasteiger partial charge in [0, 0.05) is 16.9 Å². The van der Waals surface area contributed by atoms with Gasteiger partial charge in [-0.2, -0.15) is 0 Å². The Morgan fingerprint density at radius 2 is 2.24 bits per heavy atom. The fraction of sp³-hybridized carbons (Fsp3) is 0.714. The van der Waals surface area contributed by atoms with Crippen LogP contribution in [0.1, 0.15) is 47.5 Å². The maximum atomic E-state index is 5.33. The van der Waals surface area contributed by atoms with Crippen LogP contribution in [0, 0.1) is 0 Å². The molecule has 1 aliphatic rings. The van der Waals surface area contributed by atoms with Crippen molar-refractivity contribution >= 4 is 11.3 Å². The predicted molar refractivity (Wildman–Crippen MR) is 73.9 cm³/mol. The molecule has 1 atom stereocenters. The van der Waals surface area contributed by atoms with E-state index in [0.717, 1.165) is 13.2 Å². The van der Waals surface area contributed by atoms with Crippen LogP contribution in [0.25, 0.3) is 0 Å². The van der Waals surface area contributed by atoms with Crippen LogP contribution in [-0.2, 0) is 17.6 Å². The molecule has 0 fully saturated rings. The van der Waals surface area contributed by atoms with Gasteiger partial charge in [0.1, 0.15) is 0 Å². The van der Waals surface area contributed by atoms with Crippen molar-refractivity contribution in [1.29, 1.82) is 0 Å². The molecule has 1 aromatic heterocycles. The third-order valence-electron chi connectivity index (χ3n) is 3.33. The predicted octanol–water partition coefficient (Wildman–Crippen LogP) is 3.31. The highest BCUT2D eigenvalue weighted by molar-refractivity contribution is 7.12. The minimum Gasteiger partial charge on any atom is -0.383 e. The summed E-state index contributed by atoms with van der Waals surface area (Å²) in [5.74, 6) is 0. The molecule has 0 spiro atoms. The van der Waals surface area contributed by atoms with Crippen LogP contribution in [-0.4, -0.2) is 20.3 Å². The van der Waals surface area contributed by atoms with Crippen molar-refractivity contribution in [1.82, 2.24) is 5.32 Å². The molecule has 2 nitrogen and oxygen atoms in total. The molecule has 0 amide bonds. The number of fused-ring (bicyclic) bond motifs is 1. The Morgan fingerprint density at radius 1 is 1.41 bits per heavy atom. The topological polar surface area (TPSA) is 21.3 Å². The Hall–Kier alpha value is -0.380. The fourth-order valence-electron chi connectivity index (χ4n) is 2.41. The first-order valence-corrected chi connectivity index (χ1v) is 7.50. The normalized spacial score (nSPS) is 16.8. The van der Waals surface area contributed by atoms with E-state index in [1.807, 2.05) is 11.3 Å². The molecular formula is C14H23NOS. The van der Waals surface area contributed by atoms with E-state index in [1.54, 1.807) is 17.6 Å². The highest BCUT2D eigenvalue weighted by Crippen LogP contribution is 2.32. The zero-order valence-corrected chi connectivity index (χ0v) is 11.7. The van der Waals surface area contributed by atoms with Gasteiger partial charge in [-0.25, -0.2) is 0 Å². The third-order valence-corrected chi connectivity index (χ3v) is 4.68. The van der Waals surface area contributed by atoms with Gasteiger partial charge in [0.25, 0.3) is 0 Å². The van der Waals surface area contributed by atoms with Gasteiger partial charge in [0.05, 0.1) is 12.6 Å². The Kier molecular flexibility index (Phi) is 5.01. The monoisotopic (exact) mass is 253 g/mol. The molecular weight excluding hydrogens is 230 g/mol. The number of ether oxygens (including phenoxy) is 1. The lowest BCUT2D eigenvalue weighted by atomic mass is 9.99. The second kappa shape index (κ2) is 6.53. The van der Waals surface area contributed by atoms with Gasteiger partial charge < -0.3 is 10.1 Å². The molecule has 3 heteroatoms. The van der Waals surface area contributed by atoms with Crippen LogP contribution < -0.4 is 5.32 Å². The van der Waals surface area contributed by atoms with E-state index in [1.165, 1.54) is 37.0 Å². The van der Waals surface area contributed by atoms with E-state index < -0.39 is 0 Å². The Balaban J connectivity index is 2.08. The molecule has 1 aliphatic carbocycles. The first-order chi connectivity index (χ1) is 8.35. The van der Waals surface area contributed by atoms with E-state index >= 15 is 0 Å². The summed E-state index contributed by atoms with van der Waals surface area (Å²) in [6, 6.07) is 2.79. The Labute approximate surface area is 108 Å². The summed E-state index contributed by atoms with van der Waals surface area (Å²) in [6.45, 7) is 4.05. The summed E-state index contributed by atoms with van der Waals surface area (Å²) in [7, 11) is 1.79. The highest BCUT2D eigenvalue weighted by atomic mass is 32.1. The second-order valence-corrected chi connectivity index (χ2v) is 5.93. The molecule has 0 aliphatic heterocycles. The molecule has 1 aromatic rings. The summed E-state index contributed by atoms with van der Waals surface area (Å²) in [5.41, 5.74) is 1.59. The molecule has 2 rings (SSSR count). The van der Waals surface area contributed by atoms with E-state index in [-0.39, 0.29) is 0 Å². The number of rotatable bonds is 6. The molecule has 17 heavy (non-hydrogen) atoms. The van der Waals surface area contributed by atoms with Gasteiger partial charge in [-0.15, -0.1) is 11.3 Å². The number of thiophene rings is 1. The van der Waals surface area contributed by atoms with E-state index in [4.69, 9.17) is 4.74 Å². The summed E-state index contributed by atoms with van der Waals surface area (Å²) < 4.78 is 5.33. The standard InChI is InChI=1S/C14H23NOS/c1-3-8-15-12(10-16-2)14-9-11-6-4-5-7-13(11)17-14/h9,12,15H,3-8,10H2,1-2H3. The molecule has 0 radical (unpaired) electrons. The van der Waals surface area contributed by atoms with Crippen LogP contribution >= 0.6 is 11.3 Å². The Morgan fingerprint density at radius 3 is 2.94 bits per heavy atom. The van der Waals surface area contributed by atoms with Crippen LogP contribution in [0.2, 0.25) is 0 Å². The van der Waals surface area contributed by atoms with Crippen LogP contribution in [0.15, 0.2) is 6.07 Å². The lowest BCUT2D eigenvalue weighted by molar-refractivity contribution is 0.168. The van der Waals surface area contributed by atoms with E-state index in [2.05, 4.69) is 18.3 Å². The number of aryl methyl sites for hydroxylation is 2. The molecule has 0 aromatic carbocycles. The maximum Gasteiger partial charge on any atom is 0.0665 e. The third kappa shape index (κ3) is 3.30. The van der Waals surface area contributed by atoms with E-state index in [0.29, 0.717) is 6.04 Å². The van der Waals surface area contributed by atoms with Crippen molar-refractivity contribution in [3.05, 3.63) is 21.4 Å². The van der Waals surface area contributed by atoms with Crippen LogP contribution in [0.5, 0.6) is 0 Å². The fourth-order valence-corrected chi connectivity index (χ4v) is 3.73. The number of hydrogen-bond acceptors (Lipinski definition) is 3. The maximum absolute atomic E-state index is 5.33. The lowest BCUT2D eigenvalue weighted by Crippen LogP contribution is -2.25.